The fraction of sp³-hybridized carbons (Fsp3) is 0.300. The highest BCUT2D eigenvalue weighted by molar-refractivity contribution is 5.49. The van der Waals surface area contributed by atoms with Crippen LogP contribution in [0.3, 0.4) is 0 Å². The fourth-order valence-electron chi connectivity index (χ4n) is 1.57. The summed E-state index contributed by atoms with van der Waals surface area (Å²) in [4.78, 5) is 13.8. The van der Waals surface area contributed by atoms with Gasteiger partial charge < -0.3 is 10.2 Å². The minimum atomic E-state index is -0.901. The van der Waals surface area contributed by atoms with Crippen molar-refractivity contribution in [2.45, 2.75) is 18.4 Å². The smallest absolute Gasteiger partial charge is 0.235 e. The van der Waals surface area contributed by atoms with Crippen molar-refractivity contribution in [1.82, 2.24) is 0 Å². The molecule has 2 rings (SSSR count). The summed E-state index contributed by atoms with van der Waals surface area (Å²) in [5.41, 5.74) is -0.540. The van der Waals surface area contributed by atoms with Crippen LogP contribution in [0.15, 0.2) is 17.1 Å². The van der Waals surface area contributed by atoms with E-state index in [1.54, 1.807) is 0 Å². The maximum absolute atomic E-state index is 12.8. The molecule has 0 unspecified atom stereocenters. The van der Waals surface area contributed by atoms with E-state index in [2.05, 4.69) is 4.99 Å². The summed E-state index contributed by atoms with van der Waals surface area (Å²) in [6.07, 6.45) is 2.59. The van der Waals surface area contributed by atoms with Gasteiger partial charge in [0.05, 0.1) is 0 Å². The summed E-state index contributed by atoms with van der Waals surface area (Å²) in [7, 11) is 0. The predicted molar refractivity (Wildman–Crippen MR) is 48.8 cm³/mol. The Kier molecular flexibility index (Phi) is 1.98. The molecule has 0 spiro atoms. The number of hydrogen-bond acceptors (Lipinski definition) is 4. The first-order valence-corrected chi connectivity index (χ1v) is 4.40. The first-order valence-electron chi connectivity index (χ1n) is 4.40. The summed E-state index contributed by atoms with van der Waals surface area (Å²) < 4.78 is 12.8. The Morgan fingerprint density at radius 3 is 2.53 bits per heavy atom. The molecule has 4 nitrogen and oxygen atoms in total. The molecular weight excluding hydrogens is 201 g/mol. The second-order valence-electron chi connectivity index (χ2n) is 3.56. The normalized spacial score (nSPS) is 16.9. The molecule has 1 aliphatic carbocycles. The van der Waals surface area contributed by atoms with Crippen LogP contribution >= 0.6 is 0 Å². The molecule has 0 heterocycles. The van der Waals surface area contributed by atoms with Gasteiger partial charge in [0, 0.05) is 11.6 Å². The lowest BCUT2D eigenvalue weighted by Crippen LogP contribution is -2.03. The van der Waals surface area contributed by atoms with Gasteiger partial charge in [0.1, 0.15) is 11.3 Å². The van der Waals surface area contributed by atoms with E-state index in [0.717, 1.165) is 12.1 Å². The van der Waals surface area contributed by atoms with Crippen LogP contribution in [-0.2, 0) is 10.3 Å². The third-order valence-corrected chi connectivity index (χ3v) is 2.55. The standard InChI is InChI=1S/C10H8FNO3/c11-7-4-8(14)6(3-9(7)15)10(1-2-10)12-5-13/h3-4,14-15H,1-2H2. The van der Waals surface area contributed by atoms with E-state index in [1.807, 2.05) is 0 Å². The molecule has 2 N–H and O–H groups in total. The molecule has 0 aromatic heterocycles. The van der Waals surface area contributed by atoms with Gasteiger partial charge in [0.2, 0.25) is 6.08 Å². The number of rotatable bonds is 2. The number of aliphatic imine (C=N–C) groups is 1. The Morgan fingerprint density at radius 2 is 2.00 bits per heavy atom. The number of isocyanates is 1. The lowest BCUT2D eigenvalue weighted by molar-refractivity contribution is 0.414. The van der Waals surface area contributed by atoms with Crippen molar-refractivity contribution in [2.24, 2.45) is 4.99 Å². The fourth-order valence-corrected chi connectivity index (χ4v) is 1.57. The number of benzene rings is 1. The van der Waals surface area contributed by atoms with Gasteiger partial charge in [0.25, 0.3) is 0 Å². The molecule has 1 aliphatic rings. The molecule has 0 atom stereocenters. The molecule has 0 saturated heterocycles. The summed E-state index contributed by atoms with van der Waals surface area (Å²) >= 11 is 0. The van der Waals surface area contributed by atoms with Crippen LogP contribution in [0.4, 0.5) is 4.39 Å². The van der Waals surface area contributed by atoms with Crippen molar-refractivity contribution < 1.29 is 19.4 Å². The zero-order chi connectivity index (χ0) is 11.1. The zero-order valence-electron chi connectivity index (χ0n) is 7.70. The van der Waals surface area contributed by atoms with Gasteiger partial charge in [-0.05, 0) is 18.9 Å². The molecule has 1 saturated carbocycles. The van der Waals surface area contributed by atoms with E-state index >= 15 is 0 Å². The summed E-state index contributed by atoms with van der Waals surface area (Å²) in [6.45, 7) is 0. The maximum atomic E-state index is 12.8. The second kappa shape index (κ2) is 3.07. The SMILES string of the molecule is O=C=NC1(c2cc(O)c(F)cc2O)CC1. The van der Waals surface area contributed by atoms with Crippen molar-refractivity contribution >= 4 is 6.08 Å². The Balaban J connectivity index is 2.54. The number of carbonyl (C=O) groups excluding carboxylic acids is 1. The van der Waals surface area contributed by atoms with E-state index in [4.69, 9.17) is 5.11 Å². The average Bonchev–Trinajstić information content (AvgIpc) is 2.93. The highest BCUT2D eigenvalue weighted by Crippen LogP contribution is 2.52. The molecule has 5 heteroatoms. The van der Waals surface area contributed by atoms with Crippen LogP contribution in [0.25, 0.3) is 0 Å². The van der Waals surface area contributed by atoms with Gasteiger partial charge in [-0.2, -0.15) is 4.99 Å². The van der Waals surface area contributed by atoms with Crippen molar-refractivity contribution in [3.8, 4) is 11.5 Å². The Labute approximate surface area is 84.7 Å². The van der Waals surface area contributed by atoms with Crippen LogP contribution in [0.2, 0.25) is 0 Å². The number of phenolic OH excluding ortho intramolecular Hbond substituents is 2. The Hall–Kier alpha value is -1.87. The van der Waals surface area contributed by atoms with Crippen LogP contribution < -0.4 is 0 Å². The lowest BCUT2D eigenvalue weighted by Gasteiger charge is -2.11. The van der Waals surface area contributed by atoms with Crippen LogP contribution in [-0.4, -0.2) is 16.3 Å². The van der Waals surface area contributed by atoms with Crippen molar-refractivity contribution in [1.29, 1.82) is 0 Å². The predicted octanol–water partition coefficient (Wildman–Crippen LogP) is 1.56. The second-order valence-corrected chi connectivity index (χ2v) is 3.56. The molecule has 1 fully saturated rings. The first-order chi connectivity index (χ1) is 7.09. The molecule has 1 aromatic carbocycles. The lowest BCUT2D eigenvalue weighted by atomic mass is 10.0. The monoisotopic (exact) mass is 209 g/mol. The van der Waals surface area contributed by atoms with Gasteiger partial charge in [0.15, 0.2) is 11.6 Å². The Morgan fingerprint density at radius 1 is 1.33 bits per heavy atom. The summed E-state index contributed by atoms with van der Waals surface area (Å²) in [5.74, 6) is -1.76. The third kappa shape index (κ3) is 1.47. The highest BCUT2D eigenvalue weighted by atomic mass is 19.1. The van der Waals surface area contributed by atoms with Gasteiger partial charge in [-0.3, -0.25) is 0 Å². The summed E-state index contributed by atoms with van der Waals surface area (Å²) in [5, 5.41) is 18.6. The van der Waals surface area contributed by atoms with E-state index in [-0.39, 0.29) is 11.3 Å². The topological polar surface area (TPSA) is 69.9 Å². The van der Waals surface area contributed by atoms with E-state index < -0.39 is 17.1 Å². The molecule has 0 aliphatic heterocycles. The molecule has 78 valence electrons. The third-order valence-electron chi connectivity index (χ3n) is 2.55. The van der Waals surface area contributed by atoms with Gasteiger partial charge in [-0.15, -0.1) is 0 Å². The number of hydrogen-bond donors (Lipinski definition) is 2. The first kappa shape index (κ1) is 9.68. The molecule has 0 amide bonds. The number of nitrogens with zero attached hydrogens (tertiary/aromatic N) is 1. The summed E-state index contributed by atoms with van der Waals surface area (Å²) in [6, 6.07) is 1.91. The largest absolute Gasteiger partial charge is 0.507 e. The molecule has 0 bridgehead atoms. The average molecular weight is 209 g/mol. The highest BCUT2D eigenvalue weighted by Gasteiger charge is 2.47. The molecule has 0 radical (unpaired) electrons. The molecule has 15 heavy (non-hydrogen) atoms. The van der Waals surface area contributed by atoms with Crippen molar-refractivity contribution in [3.63, 3.8) is 0 Å². The zero-order valence-corrected chi connectivity index (χ0v) is 7.70. The van der Waals surface area contributed by atoms with E-state index in [0.29, 0.717) is 12.8 Å². The van der Waals surface area contributed by atoms with Gasteiger partial charge >= 0.3 is 0 Å². The van der Waals surface area contributed by atoms with Gasteiger partial charge in [-0.1, -0.05) is 0 Å². The minimum Gasteiger partial charge on any atom is -0.507 e. The van der Waals surface area contributed by atoms with Crippen LogP contribution in [0, 0.1) is 5.82 Å². The molecule has 1 aromatic rings. The van der Waals surface area contributed by atoms with Crippen LogP contribution in [0.1, 0.15) is 18.4 Å². The van der Waals surface area contributed by atoms with E-state index in [9.17, 15) is 14.3 Å². The van der Waals surface area contributed by atoms with Crippen LogP contribution in [0.5, 0.6) is 11.5 Å². The van der Waals surface area contributed by atoms with Gasteiger partial charge in [-0.25, -0.2) is 9.18 Å². The number of aromatic hydroxyl groups is 2. The quantitative estimate of drug-likeness (QED) is 0.441. The van der Waals surface area contributed by atoms with Crippen molar-refractivity contribution in [3.05, 3.63) is 23.5 Å². The number of halogens is 1. The molecular formula is C10H8FNO3. The maximum Gasteiger partial charge on any atom is 0.235 e. The van der Waals surface area contributed by atoms with Crippen molar-refractivity contribution in [2.75, 3.05) is 0 Å². The number of phenols is 2. The van der Waals surface area contributed by atoms with E-state index in [1.165, 1.54) is 6.08 Å². The minimum absolute atomic E-state index is 0.268. The Bertz CT molecular complexity index is 462.